The van der Waals surface area contributed by atoms with E-state index in [2.05, 4.69) is 15.3 Å². The average Bonchev–Trinajstić information content (AvgIpc) is 3.12. The standard InChI is InChI=1S/C17H17N5O2/c23-10-9-21(12-14-5-4-8-18-11-14)17(24)16-13-22(20-19-16)15-6-2-1-3-7-15/h1-8,11,13,23H,9-10,12H2. The summed E-state index contributed by atoms with van der Waals surface area (Å²) in [7, 11) is 0. The molecular formula is C17H17N5O2. The normalized spacial score (nSPS) is 10.5. The van der Waals surface area contributed by atoms with Gasteiger partial charge in [0.2, 0.25) is 0 Å². The van der Waals surface area contributed by atoms with E-state index in [1.54, 1.807) is 23.3 Å². The van der Waals surface area contributed by atoms with Gasteiger partial charge in [-0.3, -0.25) is 9.78 Å². The van der Waals surface area contributed by atoms with Gasteiger partial charge >= 0.3 is 0 Å². The van der Waals surface area contributed by atoms with Crippen LogP contribution in [0.4, 0.5) is 0 Å². The van der Waals surface area contributed by atoms with Gasteiger partial charge in [0.05, 0.1) is 18.5 Å². The van der Waals surface area contributed by atoms with Crippen molar-refractivity contribution in [3.05, 3.63) is 72.3 Å². The SMILES string of the molecule is O=C(c1cn(-c2ccccc2)nn1)N(CCO)Cc1cccnc1. The minimum absolute atomic E-state index is 0.126. The maximum atomic E-state index is 12.7. The molecule has 2 aromatic heterocycles. The zero-order valence-corrected chi connectivity index (χ0v) is 13.0. The predicted octanol–water partition coefficient (Wildman–Crippen LogP) is 1.30. The number of aliphatic hydroxyl groups is 1. The Morgan fingerprint density at radius 3 is 2.71 bits per heavy atom. The monoisotopic (exact) mass is 323 g/mol. The number of nitrogens with zero attached hydrogens (tertiary/aromatic N) is 5. The molecule has 7 heteroatoms. The third-order valence-electron chi connectivity index (χ3n) is 3.49. The molecule has 0 radical (unpaired) electrons. The second kappa shape index (κ2) is 7.47. The predicted molar refractivity (Wildman–Crippen MR) is 87.4 cm³/mol. The van der Waals surface area contributed by atoms with Crippen molar-refractivity contribution < 1.29 is 9.90 Å². The molecule has 2 heterocycles. The van der Waals surface area contributed by atoms with Crippen LogP contribution >= 0.6 is 0 Å². The van der Waals surface area contributed by atoms with Crippen molar-refractivity contribution in [2.24, 2.45) is 0 Å². The van der Waals surface area contributed by atoms with Crippen LogP contribution in [0.15, 0.2) is 61.1 Å². The highest BCUT2D eigenvalue weighted by molar-refractivity contribution is 5.92. The quantitative estimate of drug-likeness (QED) is 0.739. The number of rotatable bonds is 6. The van der Waals surface area contributed by atoms with Crippen molar-refractivity contribution in [3.63, 3.8) is 0 Å². The van der Waals surface area contributed by atoms with Crippen LogP contribution in [-0.2, 0) is 6.54 Å². The molecule has 1 aromatic carbocycles. The lowest BCUT2D eigenvalue weighted by Gasteiger charge is -2.20. The number of carbonyl (C=O) groups is 1. The summed E-state index contributed by atoms with van der Waals surface area (Å²) >= 11 is 0. The smallest absolute Gasteiger partial charge is 0.276 e. The highest BCUT2D eigenvalue weighted by atomic mass is 16.3. The molecule has 7 nitrogen and oxygen atoms in total. The summed E-state index contributed by atoms with van der Waals surface area (Å²) in [6.45, 7) is 0.441. The molecule has 0 aliphatic carbocycles. The fourth-order valence-electron chi connectivity index (χ4n) is 2.32. The van der Waals surface area contributed by atoms with Crippen LogP contribution < -0.4 is 0 Å². The van der Waals surface area contributed by atoms with E-state index >= 15 is 0 Å². The van der Waals surface area contributed by atoms with Gasteiger partial charge in [0.25, 0.3) is 5.91 Å². The van der Waals surface area contributed by atoms with E-state index in [4.69, 9.17) is 0 Å². The molecular weight excluding hydrogens is 306 g/mol. The Morgan fingerprint density at radius 2 is 2.00 bits per heavy atom. The average molecular weight is 323 g/mol. The van der Waals surface area contributed by atoms with Crippen molar-refractivity contribution in [1.29, 1.82) is 0 Å². The van der Waals surface area contributed by atoms with Gasteiger partial charge in [-0.2, -0.15) is 0 Å². The molecule has 0 bridgehead atoms. The van der Waals surface area contributed by atoms with Crippen LogP contribution in [0, 0.1) is 0 Å². The Morgan fingerprint density at radius 1 is 1.17 bits per heavy atom. The lowest BCUT2D eigenvalue weighted by Crippen LogP contribution is -2.33. The topological polar surface area (TPSA) is 84.1 Å². The Labute approximate surface area is 139 Å². The largest absolute Gasteiger partial charge is 0.395 e. The summed E-state index contributed by atoms with van der Waals surface area (Å²) in [6.07, 6.45) is 4.96. The van der Waals surface area contributed by atoms with Crippen molar-refractivity contribution in [2.75, 3.05) is 13.2 Å². The van der Waals surface area contributed by atoms with Gasteiger partial charge in [0, 0.05) is 25.5 Å². The minimum atomic E-state index is -0.282. The summed E-state index contributed by atoms with van der Waals surface area (Å²) < 4.78 is 1.55. The fourth-order valence-corrected chi connectivity index (χ4v) is 2.32. The summed E-state index contributed by atoms with van der Waals surface area (Å²) in [6, 6.07) is 13.1. The number of para-hydroxylation sites is 1. The molecule has 0 saturated carbocycles. The van der Waals surface area contributed by atoms with Crippen LogP contribution in [0.2, 0.25) is 0 Å². The lowest BCUT2D eigenvalue weighted by molar-refractivity contribution is 0.0701. The summed E-state index contributed by atoms with van der Waals surface area (Å²) in [5, 5.41) is 17.2. The van der Waals surface area contributed by atoms with Crippen LogP contribution in [0.3, 0.4) is 0 Å². The van der Waals surface area contributed by atoms with Crippen LogP contribution in [0.5, 0.6) is 0 Å². The fraction of sp³-hybridized carbons (Fsp3) is 0.176. The molecule has 0 spiro atoms. The van der Waals surface area contributed by atoms with Crippen molar-refractivity contribution in [3.8, 4) is 5.69 Å². The molecule has 0 fully saturated rings. The van der Waals surface area contributed by atoms with Gasteiger partial charge < -0.3 is 10.0 Å². The third-order valence-corrected chi connectivity index (χ3v) is 3.49. The first kappa shape index (κ1) is 15.8. The van der Waals surface area contributed by atoms with E-state index in [1.165, 1.54) is 4.90 Å². The molecule has 0 unspecified atom stereocenters. The van der Waals surface area contributed by atoms with E-state index in [1.807, 2.05) is 42.5 Å². The van der Waals surface area contributed by atoms with E-state index in [0.717, 1.165) is 11.3 Å². The first-order valence-electron chi connectivity index (χ1n) is 7.55. The zero-order valence-electron chi connectivity index (χ0n) is 13.0. The molecule has 0 atom stereocenters. The van der Waals surface area contributed by atoms with E-state index in [9.17, 15) is 9.90 Å². The number of hydrogen-bond donors (Lipinski definition) is 1. The van der Waals surface area contributed by atoms with Gasteiger partial charge in [-0.15, -0.1) is 5.10 Å². The molecule has 0 aliphatic heterocycles. The molecule has 1 amide bonds. The first-order valence-corrected chi connectivity index (χ1v) is 7.55. The van der Waals surface area contributed by atoms with Crippen LogP contribution in [-0.4, -0.2) is 49.0 Å². The number of benzene rings is 1. The number of aliphatic hydroxyl groups excluding tert-OH is 1. The molecule has 3 aromatic rings. The van der Waals surface area contributed by atoms with Gasteiger partial charge in [-0.25, -0.2) is 4.68 Å². The lowest BCUT2D eigenvalue weighted by atomic mass is 10.2. The molecule has 122 valence electrons. The number of hydrogen-bond acceptors (Lipinski definition) is 5. The molecule has 3 rings (SSSR count). The zero-order chi connectivity index (χ0) is 16.8. The number of amides is 1. The molecule has 24 heavy (non-hydrogen) atoms. The number of pyridine rings is 1. The Bertz CT molecular complexity index is 789. The number of carbonyl (C=O) groups excluding carboxylic acids is 1. The molecule has 1 N–H and O–H groups in total. The van der Waals surface area contributed by atoms with E-state index in [0.29, 0.717) is 6.54 Å². The maximum absolute atomic E-state index is 12.7. The molecule has 0 aliphatic rings. The summed E-state index contributed by atoms with van der Waals surface area (Å²) in [4.78, 5) is 18.2. The van der Waals surface area contributed by atoms with E-state index < -0.39 is 0 Å². The second-order valence-electron chi connectivity index (χ2n) is 5.20. The van der Waals surface area contributed by atoms with Crippen molar-refractivity contribution in [2.45, 2.75) is 6.54 Å². The van der Waals surface area contributed by atoms with Crippen molar-refractivity contribution in [1.82, 2.24) is 24.9 Å². The minimum Gasteiger partial charge on any atom is -0.395 e. The summed E-state index contributed by atoms with van der Waals surface area (Å²) in [5.74, 6) is -0.282. The Kier molecular flexibility index (Phi) is 4.93. The van der Waals surface area contributed by atoms with Crippen LogP contribution in [0.1, 0.15) is 16.1 Å². The maximum Gasteiger partial charge on any atom is 0.276 e. The number of aromatic nitrogens is 4. The molecule has 0 saturated heterocycles. The van der Waals surface area contributed by atoms with Crippen LogP contribution in [0.25, 0.3) is 5.69 Å². The summed E-state index contributed by atoms with van der Waals surface area (Å²) in [5.41, 5.74) is 1.94. The van der Waals surface area contributed by atoms with Gasteiger partial charge in [0.1, 0.15) is 0 Å². The van der Waals surface area contributed by atoms with E-state index in [-0.39, 0.29) is 24.8 Å². The first-order chi connectivity index (χ1) is 11.8. The highest BCUT2D eigenvalue weighted by Crippen LogP contribution is 2.10. The van der Waals surface area contributed by atoms with Gasteiger partial charge in [-0.05, 0) is 23.8 Å². The third kappa shape index (κ3) is 3.64. The Balaban J connectivity index is 1.79. The van der Waals surface area contributed by atoms with Crippen molar-refractivity contribution >= 4 is 5.91 Å². The second-order valence-corrected chi connectivity index (χ2v) is 5.20. The Hall–Kier alpha value is -3.06. The highest BCUT2D eigenvalue weighted by Gasteiger charge is 2.19. The van der Waals surface area contributed by atoms with Gasteiger partial charge in [0.15, 0.2) is 5.69 Å². The van der Waals surface area contributed by atoms with Gasteiger partial charge in [-0.1, -0.05) is 29.5 Å².